The molecule has 0 unspecified atom stereocenters. The van der Waals surface area contributed by atoms with Gasteiger partial charge in [0, 0.05) is 0 Å². The van der Waals surface area contributed by atoms with E-state index in [9.17, 15) is 0 Å². The van der Waals surface area contributed by atoms with E-state index < -0.39 is 0 Å². The van der Waals surface area contributed by atoms with Crippen LogP contribution >= 0.6 is 0 Å². The molecule has 0 spiro atoms. The molecule has 2 nitrogen and oxygen atoms in total. The van der Waals surface area contributed by atoms with E-state index in [4.69, 9.17) is 9.47 Å². The summed E-state index contributed by atoms with van der Waals surface area (Å²) in [6, 6.07) is 0. The predicted octanol–water partition coefficient (Wildman–Crippen LogP) is 3.64. The van der Waals surface area contributed by atoms with Crippen molar-refractivity contribution in [1.29, 1.82) is 0 Å². The summed E-state index contributed by atoms with van der Waals surface area (Å²) in [5, 5.41) is 0. The maximum Gasteiger partial charge on any atom is 0.0577 e. The molecule has 16 heavy (non-hydrogen) atoms. The second-order valence-electron chi connectivity index (χ2n) is 5.73. The molecule has 0 aromatic rings. The van der Waals surface area contributed by atoms with Crippen molar-refractivity contribution in [2.45, 2.75) is 78.8 Å². The summed E-state index contributed by atoms with van der Waals surface area (Å²) in [6.45, 7) is 13.1. The fourth-order valence-corrected chi connectivity index (χ4v) is 2.54. The average molecular weight is 228 g/mol. The maximum absolute atomic E-state index is 5.47. The molecule has 2 aliphatic heterocycles. The topological polar surface area (TPSA) is 18.5 Å². The zero-order valence-corrected chi connectivity index (χ0v) is 11.7. The van der Waals surface area contributed by atoms with Crippen LogP contribution in [0.1, 0.15) is 54.4 Å². The van der Waals surface area contributed by atoms with Crippen LogP contribution in [-0.2, 0) is 9.47 Å². The molecule has 2 saturated heterocycles. The van der Waals surface area contributed by atoms with Crippen molar-refractivity contribution in [2.75, 3.05) is 0 Å². The Kier molecular flexibility index (Phi) is 5.26. The summed E-state index contributed by atoms with van der Waals surface area (Å²) in [5.41, 5.74) is 0. The van der Waals surface area contributed by atoms with Crippen LogP contribution < -0.4 is 0 Å². The summed E-state index contributed by atoms with van der Waals surface area (Å²) < 4.78 is 10.9. The Hall–Kier alpha value is -0.0800. The van der Waals surface area contributed by atoms with Crippen molar-refractivity contribution in [2.24, 2.45) is 11.8 Å². The quantitative estimate of drug-likeness (QED) is 0.630. The minimum atomic E-state index is 0.491. The van der Waals surface area contributed by atoms with E-state index in [1.165, 1.54) is 12.8 Å². The lowest BCUT2D eigenvalue weighted by Gasteiger charge is -2.05. The molecule has 0 radical (unpaired) electrons. The van der Waals surface area contributed by atoms with E-state index >= 15 is 0 Å². The van der Waals surface area contributed by atoms with E-state index in [2.05, 4.69) is 41.5 Å². The molecule has 0 aliphatic carbocycles. The second-order valence-corrected chi connectivity index (χ2v) is 5.73. The molecule has 0 aromatic carbocycles. The summed E-state index contributed by atoms with van der Waals surface area (Å²) in [4.78, 5) is 0. The molecule has 0 saturated carbocycles. The van der Waals surface area contributed by atoms with Gasteiger partial charge in [0.25, 0.3) is 0 Å². The Morgan fingerprint density at radius 3 is 1.00 bits per heavy atom. The van der Waals surface area contributed by atoms with Crippen LogP contribution in [0.2, 0.25) is 0 Å². The van der Waals surface area contributed by atoms with Gasteiger partial charge in [-0.3, -0.25) is 0 Å². The van der Waals surface area contributed by atoms with Gasteiger partial charge >= 0.3 is 0 Å². The smallest absolute Gasteiger partial charge is 0.0577 e. The van der Waals surface area contributed by atoms with Crippen molar-refractivity contribution in [1.82, 2.24) is 0 Å². The van der Waals surface area contributed by atoms with Gasteiger partial charge in [-0.2, -0.15) is 0 Å². The predicted molar refractivity (Wildman–Crippen MR) is 67.6 cm³/mol. The van der Waals surface area contributed by atoms with Crippen molar-refractivity contribution < 1.29 is 9.47 Å². The lowest BCUT2D eigenvalue weighted by Crippen LogP contribution is -2.06. The molecule has 96 valence electrons. The highest BCUT2D eigenvalue weighted by molar-refractivity contribution is 4.73. The third kappa shape index (κ3) is 4.06. The molecule has 2 heterocycles. The number of ether oxygens (including phenoxy) is 2. The largest absolute Gasteiger partial charge is 0.375 e. The van der Waals surface area contributed by atoms with Crippen molar-refractivity contribution in [3.8, 4) is 0 Å². The molecule has 0 N–H and O–H groups in total. The van der Waals surface area contributed by atoms with Gasteiger partial charge in [-0.1, -0.05) is 13.8 Å². The highest BCUT2D eigenvalue weighted by Gasteiger charge is 2.25. The van der Waals surface area contributed by atoms with Crippen LogP contribution in [0.15, 0.2) is 0 Å². The van der Waals surface area contributed by atoms with Gasteiger partial charge in [0.2, 0.25) is 0 Å². The number of rotatable bonds is 0. The lowest BCUT2D eigenvalue weighted by atomic mass is 10.0. The van der Waals surface area contributed by atoms with Gasteiger partial charge in [-0.05, 0) is 52.4 Å². The van der Waals surface area contributed by atoms with Gasteiger partial charge < -0.3 is 9.47 Å². The third-order valence-corrected chi connectivity index (χ3v) is 3.90. The minimum absolute atomic E-state index is 0.491. The first kappa shape index (κ1) is 14.0. The molecule has 2 fully saturated rings. The molecule has 2 aliphatic rings. The zero-order valence-electron chi connectivity index (χ0n) is 11.7. The SMILES string of the molecule is C[C@@H]1C[C@@H](C)[C@@H](C)O1.C[C@@H]1C[C@H](C)O[C@@H]1C. The standard InChI is InChI=1S/2C7H14O/c2*1-5-4-6(2)8-7(5)3/h2*5-7H,4H2,1-3H3/t5-,6+,7-;5-,6-,7-/m11/s1. The number of hydrogen-bond donors (Lipinski definition) is 0. The summed E-state index contributed by atoms with van der Waals surface area (Å²) in [5.74, 6) is 1.54. The van der Waals surface area contributed by atoms with Gasteiger partial charge in [0.15, 0.2) is 0 Å². The number of hydrogen-bond acceptors (Lipinski definition) is 2. The van der Waals surface area contributed by atoms with E-state index in [-0.39, 0.29) is 0 Å². The molecule has 2 rings (SSSR count). The summed E-state index contributed by atoms with van der Waals surface area (Å²) in [7, 11) is 0. The van der Waals surface area contributed by atoms with Crippen LogP contribution in [-0.4, -0.2) is 24.4 Å². The van der Waals surface area contributed by atoms with Crippen LogP contribution in [0.5, 0.6) is 0 Å². The van der Waals surface area contributed by atoms with Gasteiger partial charge in [0.05, 0.1) is 24.4 Å². The van der Waals surface area contributed by atoms with E-state index in [1.807, 2.05) is 0 Å². The lowest BCUT2D eigenvalue weighted by molar-refractivity contribution is 0.0578. The molecule has 2 heteroatoms. The van der Waals surface area contributed by atoms with Crippen molar-refractivity contribution in [3.63, 3.8) is 0 Å². The summed E-state index contributed by atoms with van der Waals surface area (Å²) >= 11 is 0. The zero-order chi connectivity index (χ0) is 12.3. The van der Waals surface area contributed by atoms with Crippen LogP contribution in [0.4, 0.5) is 0 Å². The van der Waals surface area contributed by atoms with Crippen molar-refractivity contribution in [3.05, 3.63) is 0 Å². The van der Waals surface area contributed by atoms with Crippen LogP contribution in [0.25, 0.3) is 0 Å². The minimum Gasteiger partial charge on any atom is -0.375 e. The molecular formula is C14H28O2. The van der Waals surface area contributed by atoms with Gasteiger partial charge in [-0.15, -0.1) is 0 Å². The molecule has 0 bridgehead atoms. The van der Waals surface area contributed by atoms with E-state index in [0.717, 1.165) is 11.8 Å². The first-order valence-electron chi connectivity index (χ1n) is 6.71. The Bertz CT molecular complexity index is 163. The Labute approximate surface area is 101 Å². The molecule has 6 atom stereocenters. The van der Waals surface area contributed by atoms with E-state index in [1.54, 1.807) is 0 Å². The Morgan fingerprint density at radius 1 is 0.625 bits per heavy atom. The third-order valence-electron chi connectivity index (χ3n) is 3.90. The first-order chi connectivity index (χ1) is 7.40. The highest BCUT2D eigenvalue weighted by Crippen LogP contribution is 2.25. The van der Waals surface area contributed by atoms with Crippen LogP contribution in [0, 0.1) is 11.8 Å². The fourth-order valence-electron chi connectivity index (χ4n) is 2.54. The van der Waals surface area contributed by atoms with Crippen molar-refractivity contribution >= 4 is 0 Å². The van der Waals surface area contributed by atoms with Gasteiger partial charge in [0.1, 0.15) is 0 Å². The molecule has 0 amide bonds. The normalized spacial score (nSPS) is 47.6. The van der Waals surface area contributed by atoms with Gasteiger partial charge in [-0.25, -0.2) is 0 Å². The molecule has 0 aromatic heterocycles. The first-order valence-corrected chi connectivity index (χ1v) is 6.71. The monoisotopic (exact) mass is 228 g/mol. The van der Waals surface area contributed by atoms with Crippen LogP contribution in [0.3, 0.4) is 0 Å². The van der Waals surface area contributed by atoms with E-state index in [0.29, 0.717) is 24.4 Å². The fraction of sp³-hybridized carbons (Fsp3) is 1.00. The average Bonchev–Trinajstić information content (AvgIpc) is 2.58. The second kappa shape index (κ2) is 6.02. The Balaban J connectivity index is 0.000000160. The Morgan fingerprint density at radius 2 is 0.938 bits per heavy atom. The highest BCUT2D eigenvalue weighted by atomic mass is 16.5. The summed E-state index contributed by atoms with van der Waals surface area (Å²) in [6.07, 6.45) is 4.46. The molecular weight excluding hydrogens is 200 g/mol. The maximum atomic E-state index is 5.47.